The van der Waals surface area contributed by atoms with E-state index in [0.717, 1.165) is 17.2 Å². The maximum absolute atomic E-state index is 13.0. The molecule has 0 bridgehead atoms. The zero-order valence-corrected chi connectivity index (χ0v) is 15.6. The Bertz CT molecular complexity index is 876. The highest BCUT2D eigenvalue weighted by Gasteiger charge is 2.33. The van der Waals surface area contributed by atoms with Crippen LogP contribution < -0.4 is 5.32 Å². The Morgan fingerprint density at radius 2 is 1.82 bits per heavy atom. The van der Waals surface area contributed by atoms with Crippen LogP contribution in [0.4, 0.5) is 18.9 Å². The Morgan fingerprint density at radius 3 is 2.46 bits per heavy atom. The number of hydrogen-bond donors (Lipinski definition) is 1. The molecule has 2 rings (SSSR count). The molecular weight excluding hydrogens is 369 g/mol. The number of carbonyl (C=O) groups is 2. The fourth-order valence-electron chi connectivity index (χ4n) is 2.59. The number of para-hydroxylation sites is 1. The van der Waals surface area contributed by atoms with Gasteiger partial charge in [-0.2, -0.15) is 13.2 Å². The van der Waals surface area contributed by atoms with Crippen LogP contribution in [0.1, 0.15) is 23.6 Å². The van der Waals surface area contributed by atoms with Gasteiger partial charge < -0.3 is 10.2 Å². The van der Waals surface area contributed by atoms with Crippen molar-refractivity contribution in [2.45, 2.75) is 20.0 Å². The lowest BCUT2D eigenvalue weighted by Crippen LogP contribution is -2.37. The molecule has 0 unspecified atom stereocenters. The highest BCUT2D eigenvalue weighted by molar-refractivity contribution is 5.98. The van der Waals surface area contributed by atoms with Crippen LogP contribution in [-0.2, 0) is 15.8 Å². The molecule has 4 nitrogen and oxygen atoms in total. The number of halogens is 3. The molecule has 0 aliphatic carbocycles. The van der Waals surface area contributed by atoms with Crippen LogP contribution in [0.2, 0.25) is 0 Å². The standard InChI is InChI=1S/C21H21F3N2O2/c1-3-26(20(28)12-11-16-8-6-7-15(2)13-16)14-19(27)25-18-10-5-4-9-17(18)21(22,23)24/h4-13H,3,14H2,1-2H3,(H,25,27)/b12-11+. The second-order valence-electron chi connectivity index (χ2n) is 6.19. The first-order valence-corrected chi connectivity index (χ1v) is 8.70. The van der Waals surface area contributed by atoms with Crippen molar-refractivity contribution in [1.29, 1.82) is 0 Å². The number of benzene rings is 2. The van der Waals surface area contributed by atoms with E-state index >= 15 is 0 Å². The van der Waals surface area contributed by atoms with Crippen LogP contribution in [-0.4, -0.2) is 29.8 Å². The summed E-state index contributed by atoms with van der Waals surface area (Å²) in [4.78, 5) is 25.8. The number of rotatable bonds is 6. The van der Waals surface area contributed by atoms with Crippen molar-refractivity contribution in [3.8, 4) is 0 Å². The third-order valence-electron chi connectivity index (χ3n) is 3.99. The summed E-state index contributed by atoms with van der Waals surface area (Å²) >= 11 is 0. The molecule has 0 spiro atoms. The van der Waals surface area contributed by atoms with E-state index in [-0.39, 0.29) is 18.8 Å². The zero-order valence-electron chi connectivity index (χ0n) is 15.6. The number of amides is 2. The zero-order chi connectivity index (χ0) is 20.7. The highest BCUT2D eigenvalue weighted by atomic mass is 19.4. The molecule has 28 heavy (non-hydrogen) atoms. The van der Waals surface area contributed by atoms with Crippen molar-refractivity contribution in [3.63, 3.8) is 0 Å². The quantitative estimate of drug-likeness (QED) is 0.738. The van der Waals surface area contributed by atoms with E-state index < -0.39 is 23.6 Å². The van der Waals surface area contributed by atoms with Crippen LogP contribution >= 0.6 is 0 Å². The average molecular weight is 390 g/mol. The van der Waals surface area contributed by atoms with E-state index in [1.54, 1.807) is 13.0 Å². The van der Waals surface area contributed by atoms with Crippen LogP contribution in [0.15, 0.2) is 54.6 Å². The Balaban J connectivity index is 2.04. The summed E-state index contributed by atoms with van der Waals surface area (Å²) in [5.41, 5.74) is 0.619. The molecule has 0 saturated carbocycles. The molecule has 2 amide bonds. The Morgan fingerprint density at radius 1 is 1.11 bits per heavy atom. The van der Waals surface area contributed by atoms with Gasteiger partial charge in [-0.15, -0.1) is 0 Å². The first kappa shape index (κ1) is 21.2. The van der Waals surface area contributed by atoms with Crippen LogP contribution in [0.5, 0.6) is 0 Å². The van der Waals surface area contributed by atoms with Crippen LogP contribution in [0.25, 0.3) is 6.08 Å². The first-order valence-electron chi connectivity index (χ1n) is 8.70. The summed E-state index contributed by atoms with van der Waals surface area (Å²) in [6.45, 7) is 3.51. The number of hydrogen-bond acceptors (Lipinski definition) is 2. The molecule has 0 heterocycles. The van der Waals surface area contributed by atoms with E-state index in [0.29, 0.717) is 0 Å². The van der Waals surface area contributed by atoms with E-state index in [4.69, 9.17) is 0 Å². The van der Waals surface area contributed by atoms with Crippen molar-refractivity contribution in [1.82, 2.24) is 4.90 Å². The van der Waals surface area contributed by atoms with Gasteiger partial charge in [-0.05, 0) is 37.6 Å². The predicted octanol–water partition coefficient (Wildman–Crippen LogP) is 4.51. The minimum atomic E-state index is -4.58. The monoisotopic (exact) mass is 390 g/mol. The molecule has 0 radical (unpaired) electrons. The third-order valence-corrected chi connectivity index (χ3v) is 3.99. The molecular formula is C21H21F3N2O2. The molecule has 1 N–H and O–H groups in total. The molecule has 2 aromatic rings. The number of anilines is 1. The number of nitrogens with one attached hydrogen (secondary N) is 1. The smallest absolute Gasteiger partial charge is 0.330 e. The second-order valence-corrected chi connectivity index (χ2v) is 6.19. The molecule has 148 valence electrons. The molecule has 7 heteroatoms. The van der Waals surface area contributed by atoms with Gasteiger partial charge in [0.1, 0.15) is 6.54 Å². The van der Waals surface area contributed by atoms with Gasteiger partial charge in [-0.25, -0.2) is 0 Å². The normalized spacial score (nSPS) is 11.5. The summed E-state index contributed by atoms with van der Waals surface area (Å²) in [5, 5.41) is 2.24. The highest BCUT2D eigenvalue weighted by Crippen LogP contribution is 2.34. The molecule has 0 aliphatic rings. The van der Waals surface area contributed by atoms with Crippen molar-refractivity contribution in [2.75, 3.05) is 18.4 Å². The minimum absolute atomic E-state index is 0.241. The predicted molar refractivity (Wildman–Crippen MR) is 103 cm³/mol. The second kappa shape index (κ2) is 9.21. The van der Waals surface area contributed by atoms with Crippen molar-refractivity contribution >= 4 is 23.6 Å². The summed E-state index contributed by atoms with van der Waals surface area (Å²) in [7, 11) is 0. The van der Waals surface area contributed by atoms with Gasteiger partial charge in [-0.3, -0.25) is 9.59 Å². The van der Waals surface area contributed by atoms with Crippen LogP contribution in [0.3, 0.4) is 0 Å². The molecule has 0 atom stereocenters. The number of nitrogens with zero attached hydrogens (tertiary/aromatic N) is 1. The lowest BCUT2D eigenvalue weighted by Gasteiger charge is -2.19. The summed E-state index contributed by atoms with van der Waals surface area (Å²) in [6.07, 6.45) is -1.61. The fraction of sp³-hybridized carbons (Fsp3) is 0.238. The number of likely N-dealkylation sites (N-methyl/N-ethyl adjacent to an activating group) is 1. The van der Waals surface area contributed by atoms with E-state index in [2.05, 4.69) is 5.32 Å². The van der Waals surface area contributed by atoms with Gasteiger partial charge in [0, 0.05) is 12.6 Å². The summed E-state index contributed by atoms with van der Waals surface area (Å²) in [6, 6.07) is 12.3. The van der Waals surface area contributed by atoms with Crippen LogP contribution in [0, 0.1) is 6.92 Å². The van der Waals surface area contributed by atoms with E-state index in [1.807, 2.05) is 31.2 Å². The SMILES string of the molecule is CCN(CC(=O)Nc1ccccc1C(F)(F)F)C(=O)/C=C/c1cccc(C)c1. The molecule has 2 aromatic carbocycles. The minimum Gasteiger partial charge on any atom is -0.330 e. The van der Waals surface area contributed by atoms with Gasteiger partial charge in [-0.1, -0.05) is 42.0 Å². The average Bonchev–Trinajstić information content (AvgIpc) is 2.64. The number of alkyl halides is 3. The number of carbonyl (C=O) groups excluding carboxylic acids is 2. The van der Waals surface area contributed by atoms with Gasteiger partial charge in [0.05, 0.1) is 11.3 Å². The number of aryl methyl sites for hydroxylation is 1. The fourth-order valence-corrected chi connectivity index (χ4v) is 2.59. The lowest BCUT2D eigenvalue weighted by atomic mass is 10.1. The van der Waals surface area contributed by atoms with E-state index in [1.165, 1.54) is 29.2 Å². The van der Waals surface area contributed by atoms with Gasteiger partial charge >= 0.3 is 6.18 Å². The van der Waals surface area contributed by atoms with E-state index in [9.17, 15) is 22.8 Å². The lowest BCUT2D eigenvalue weighted by molar-refractivity contribution is -0.137. The van der Waals surface area contributed by atoms with Gasteiger partial charge in [0.15, 0.2) is 0 Å². The molecule has 0 saturated heterocycles. The third kappa shape index (κ3) is 5.97. The topological polar surface area (TPSA) is 49.4 Å². The Kier molecular flexibility index (Phi) is 6.98. The molecule has 0 fully saturated rings. The molecule has 0 aromatic heterocycles. The van der Waals surface area contributed by atoms with Gasteiger partial charge in [0.25, 0.3) is 0 Å². The largest absolute Gasteiger partial charge is 0.418 e. The Labute approximate surface area is 161 Å². The van der Waals surface area contributed by atoms with Crippen molar-refractivity contribution < 1.29 is 22.8 Å². The first-order chi connectivity index (χ1) is 13.2. The summed E-state index contributed by atoms with van der Waals surface area (Å²) < 4.78 is 39.1. The van der Waals surface area contributed by atoms with Crippen molar-refractivity contribution in [3.05, 3.63) is 71.3 Å². The molecule has 0 aliphatic heterocycles. The summed E-state index contributed by atoms with van der Waals surface area (Å²) in [5.74, 6) is -1.10. The van der Waals surface area contributed by atoms with Crippen molar-refractivity contribution in [2.24, 2.45) is 0 Å². The van der Waals surface area contributed by atoms with Gasteiger partial charge in [0.2, 0.25) is 11.8 Å². The maximum atomic E-state index is 13.0. The maximum Gasteiger partial charge on any atom is 0.418 e. The Hall–Kier alpha value is -3.09.